The minimum absolute atomic E-state index is 0.432. The van der Waals surface area contributed by atoms with Crippen molar-refractivity contribution in [2.45, 2.75) is 0 Å². The van der Waals surface area contributed by atoms with Gasteiger partial charge in [-0.05, 0) is 16.7 Å². The van der Waals surface area contributed by atoms with Gasteiger partial charge in [0.15, 0.2) is 0 Å². The SMILES string of the molecule is O=C(O)CO/N=C/c1ccc(-c2ccccc2)cc1. The van der Waals surface area contributed by atoms with E-state index >= 15 is 0 Å². The highest BCUT2D eigenvalue weighted by molar-refractivity contribution is 5.80. The molecule has 0 fully saturated rings. The second-order valence-electron chi connectivity index (χ2n) is 3.89. The van der Waals surface area contributed by atoms with E-state index in [1.807, 2.05) is 54.6 Å². The molecule has 0 aliphatic carbocycles. The minimum Gasteiger partial charge on any atom is -0.479 e. The molecule has 0 aliphatic rings. The summed E-state index contributed by atoms with van der Waals surface area (Å²) in [5.41, 5.74) is 3.11. The van der Waals surface area contributed by atoms with Crippen molar-refractivity contribution < 1.29 is 14.7 Å². The molecule has 4 nitrogen and oxygen atoms in total. The summed E-state index contributed by atoms with van der Waals surface area (Å²) in [6.07, 6.45) is 1.48. The van der Waals surface area contributed by atoms with Crippen LogP contribution in [0, 0.1) is 0 Å². The summed E-state index contributed by atoms with van der Waals surface area (Å²) in [7, 11) is 0. The zero-order valence-corrected chi connectivity index (χ0v) is 10.2. The topological polar surface area (TPSA) is 58.9 Å². The molecule has 4 heteroatoms. The maximum atomic E-state index is 10.2. The van der Waals surface area contributed by atoms with Crippen molar-refractivity contribution in [2.75, 3.05) is 6.61 Å². The standard InChI is InChI=1S/C15H13NO3/c17-15(18)11-19-16-10-12-6-8-14(9-7-12)13-4-2-1-3-5-13/h1-10H,11H2,(H,17,18)/b16-10+. The number of carbonyl (C=O) groups is 1. The lowest BCUT2D eigenvalue weighted by molar-refractivity contribution is -0.142. The Morgan fingerprint density at radius 2 is 1.68 bits per heavy atom. The Hall–Kier alpha value is -2.62. The zero-order chi connectivity index (χ0) is 13.5. The molecule has 0 heterocycles. The lowest BCUT2D eigenvalue weighted by atomic mass is 10.0. The Bertz CT molecular complexity index is 562. The van der Waals surface area contributed by atoms with Gasteiger partial charge in [0.25, 0.3) is 0 Å². The van der Waals surface area contributed by atoms with E-state index in [9.17, 15) is 4.79 Å². The van der Waals surface area contributed by atoms with Crippen LogP contribution in [-0.4, -0.2) is 23.9 Å². The first-order valence-corrected chi connectivity index (χ1v) is 5.78. The third-order valence-electron chi connectivity index (χ3n) is 2.48. The van der Waals surface area contributed by atoms with Crippen molar-refractivity contribution in [1.29, 1.82) is 0 Å². The maximum absolute atomic E-state index is 10.2. The van der Waals surface area contributed by atoms with Crippen LogP contribution in [-0.2, 0) is 9.63 Å². The molecule has 0 spiro atoms. The lowest BCUT2D eigenvalue weighted by Crippen LogP contribution is -2.03. The van der Waals surface area contributed by atoms with Gasteiger partial charge in [-0.1, -0.05) is 59.8 Å². The summed E-state index contributed by atoms with van der Waals surface area (Å²) in [4.78, 5) is 14.8. The molecule has 0 saturated heterocycles. The Labute approximate surface area is 111 Å². The van der Waals surface area contributed by atoms with Crippen molar-refractivity contribution in [3.8, 4) is 11.1 Å². The van der Waals surface area contributed by atoms with Crippen LogP contribution in [0.3, 0.4) is 0 Å². The summed E-state index contributed by atoms with van der Waals surface area (Å²) in [5.74, 6) is -1.04. The lowest BCUT2D eigenvalue weighted by Gasteiger charge is -2.01. The number of oxime groups is 1. The van der Waals surface area contributed by atoms with Crippen LogP contribution in [0.1, 0.15) is 5.56 Å². The van der Waals surface area contributed by atoms with Crippen molar-refractivity contribution in [2.24, 2.45) is 5.16 Å². The number of hydrogen-bond donors (Lipinski definition) is 1. The van der Waals surface area contributed by atoms with Crippen molar-refractivity contribution in [3.05, 3.63) is 60.2 Å². The maximum Gasteiger partial charge on any atom is 0.344 e. The van der Waals surface area contributed by atoms with Gasteiger partial charge in [-0.15, -0.1) is 0 Å². The van der Waals surface area contributed by atoms with Gasteiger partial charge in [-0.3, -0.25) is 0 Å². The molecule has 2 rings (SSSR count). The fraction of sp³-hybridized carbons (Fsp3) is 0.0667. The molecule has 0 aromatic heterocycles. The smallest absolute Gasteiger partial charge is 0.344 e. The van der Waals surface area contributed by atoms with Crippen molar-refractivity contribution in [3.63, 3.8) is 0 Å². The van der Waals surface area contributed by atoms with E-state index in [4.69, 9.17) is 5.11 Å². The molecular weight excluding hydrogens is 242 g/mol. The summed E-state index contributed by atoms with van der Waals surface area (Å²) in [6.45, 7) is -0.432. The molecule has 2 aromatic rings. The van der Waals surface area contributed by atoms with Crippen LogP contribution in [0.2, 0.25) is 0 Å². The molecule has 0 radical (unpaired) electrons. The van der Waals surface area contributed by atoms with Crippen LogP contribution < -0.4 is 0 Å². The number of hydrogen-bond acceptors (Lipinski definition) is 3. The quantitative estimate of drug-likeness (QED) is 0.660. The molecule has 0 unspecified atom stereocenters. The van der Waals surface area contributed by atoms with Crippen LogP contribution >= 0.6 is 0 Å². The zero-order valence-electron chi connectivity index (χ0n) is 10.2. The average Bonchev–Trinajstić information content (AvgIpc) is 2.45. The molecule has 1 N–H and O–H groups in total. The van der Waals surface area contributed by atoms with Gasteiger partial charge in [-0.25, -0.2) is 4.79 Å². The highest BCUT2D eigenvalue weighted by Crippen LogP contribution is 2.18. The first-order chi connectivity index (χ1) is 9.25. The van der Waals surface area contributed by atoms with Crippen LogP contribution in [0.25, 0.3) is 11.1 Å². The number of carboxylic acids is 1. The summed E-state index contributed by atoms with van der Waals surface area (Å²) < 4.78 is 0. The second-order valence-corrected chi connectivity index (χ2v) is 3.89. The third kappa shape index (κ3) is 3.96. The highest BCUT2D eigenvalue weighted by atomic mass is 16.6. The molecule has 0 saturated carbocycles. The largest absolute Gasteiger partial charge is 0.479 e. The van der Waals surface area contributed by atoms with Crippen molar-refractivity contribution >= 4 is 12.2 Å². The predicted octanol–water partition coefficient (Wildman–Crippen LogP) is 2.79. The summed E-state index contributed by atoms with van der Waals surface area (Å²) >= 11 is 0. The van der Waals surface area contributed by atoms with Gasteiger partial charge in [0.2, 0.25) is 6.61 Å². The van der Waals surface area contributed by atoms with E-state index in [2.05, 4.69) is 9.99 Å². The first kappa shape index (κ1) is 12.8. The molecule has 0 amide bonds. The van der Waals surface area contributed by atoms with E-state index in [0.717, 1.165) is 16.7 Å². The molecule has 0 bridgehead atoms. The number of carboxylic acid groups (broad SMARTS) is 1. The predicted molar refractivity (Wildman–Crippen MR) is 73.1 cm³/mol. The monoisotopic (exact) mass is 255 g/mol. The van der Waals surface area contributed by atoms with Crippen LogP contribution in [0.5, 0.6) is 0 Å². The van der Waals surface area contributed by atoms with Gasteiger partial charge in [0, 0.05) is 0 Å². The van der Waals surface area contributed by atoms with E-state index in [1.54, 1.807) is 0 Å². The Morgan fingerprint density at radius 3 is 2.32 bits per heavy atom. The number of rotatable bonds is 5. The van der Waals surface area contributed by atoms with Gasteiger partial charge in [0.1, 0.15) is 0 Å². The van der Waals surface area contributed by atoms with Gasteiger partial charge >= 0.3 is 5.97 Å². The number of nitrogens with zero attached hydrogens (tertiary/aromatic N) is 1. The Kier molecular flexibility index (Phi) is 4.29. The normalized spacial score (nSPS) is 10.5. The fourth-order valence-electron chi connectivity index (χ4n) is 1.58. The van der Waals surface area contributed by atoms with Crippen LogP contribution in [0.4, 0.5) is 0 Å². The molecule has 96 valence electrons. The Balaban J connectivity index is 2.01. The second kappa shape index (κ2) is 6.35. The van der Waals surface area contributed by atoms with Gasteiger partial charge in [-0.2, -0.15) is 0 Å². The minimum atomic E-state index is -1.04. The number of benzene rings is 2. The number of aliphatic carboxylic acids is 1. The molecule has 2 aromatic carbocycles. The van der Waals surface area contributed by atoms with E-state index in [1.165, 1.54) is 6.21 Å². The van der Waals surface area contributed by atoms with Gasteiger partial charge in [0.05, 0.1) is 6.21 Å². The highest BCUT2D eigenvalue weighted by Gasteiger charge is 1.96. The molecule has 0 aliphatic heterocycles. The summed E-state index contributed by atoms with van der Waals surface area (Å²) in [5, 5.41) is 12.0. The van der Waals surface area contributed by atoms with Crippen LogP contribution in [0.15, 0.2) is 59.8 Å². The molecular formula is C15H13NO3. The molecule has 0 atom stereocenters. The average molecular weight is 255 g/mol. The fourth-order valence-corrected chi connectivity index (χ4v) is 1.58. The van der Waals surface area contributed by atoms with E-state index in [-0.39, 0.29) is 0 Å². The third-order valence-corrected chi connectivity index (χ3v) is 2.48. The Morgan fingerprint density at radius 1 is 1.05 bits per heavy atom. The van der Waals surface area contributed by atoms with Gasteiger partial charge < -0.3 is 9.94 Å². The first-order valence-electron chi connectivity index (χ1n) is 5.78. The van der Waals surface area contributed by atoms with Crippen molar-refractivity contribution in [1.82, 2.24) is 0 Å². The summed E-state index contributed by atoms with van der Waals surface area (Å²) in [6, 6.07) is 17.8. The van der Waals surface area contributed by atoms with E-state index in [0.29, 0.717) is 0 Å². The van der Waals surface area contributed by atoms with E-state index < -0.39 is 12.6 Å². The molecule has 19 heavy (non-hydrogen) atoms.